The van der Waals surface area contributed by atoms with Crippen molar-refractivity contribution in [3.63, 3.8) is 0 Å². The molecular weight excluding hydrogens is 278 g/mol. The van der Waals surface area contributed by atoms with Crippen molar-refractivity contribution in [3.05, 3.63) is 40.3 Å². The largest absolute Gasteiger partial charge is 0.336 e. The Labute approximate surface area is 110 Å². The molecule has 2 rings (SSSR count). The predicted molar refractivity (Wildman–Crippen MR) is 74.1 cm³/mol. The molecule has 2 aromatic rings. The molecule has 0 aliphatic rings. The van der Waals surface area contributed by atoms with Gasteiger partial charge in [0.2, 0.25) is 0 Å². The molecule has 1 aromatic heterocycles. The monoisotopic (exact) mass is 293 g/mol. The lowest BCUT2D eigenvalue weighted by atomic mass is 10.1. The first-order chi connectivity index (χ1) is 8.20. The number of benzene rings is 1. The molecule has 0 amide bonds. The number of aromatic nitrogens is 2. The summed E-state index contributed by atoms with van der Waals surface area (Å²) in [4.78, 5) is 7.88. The van der Waals surface area contributed by atoms with Crippen molar-refractivity contribution in [1.82, 2.24) is 15.3 Å². The lowest BCUT2D eigenvalue weighted by molar-refractivity contribution is 0.764. The average molecular weight is 294 g/mol. The Kier molecular flexibility index (Phi) is 3.97. The molecule has 2 N–H and O–H groups in total. The van der Waals surface area contributed by atoms with Gasteiger partial charge >= 0.3 is 0 Å². The van der Waals surface area contributed by atoms with Gasteiger partial charge in [-0.1, -0.05) is 23.8 Å². The number of nitrogens with zero attached hydrogens (tertiary/aromatic N) is 1. The number of aromatic amines is 1. The highest BCUT2D eigenvalue weighted by molar-refractivity contribution is 9.10. The fourth-order valence-electron chi connectivity index (χ4n) is 1.74. The second-order valence-corrected chi connectivity index (χ2v) is 4.86. The second kappa shape index (κ2) is 5.47. The van der Waals surface area contributed by atoms with E-state index < -0.39 is 0 Å². The van der Waals surface area contributed by atoms with Crippen LogP contribution in [0.4, 0.5) is 0 Å². The third-order valence-corrected chi connectivity index (χ3v) is 3.19. The van der Waals surface area contributed by atoms with E-state index in [1.54, 1.807) is 0 Å². The van der Waals surface area contributed by atoms with E-state index in [2.05, 4.69) is 62.4 Å². The van der Waals surface area contributed by atoms with Crippen molar-refractivity contribution in [2.24, 2.45) is 0 Å². The van der Waals surface area contributed by atoms with E-state index in [9.17, 15) is 0 Å². The SMILES string of the molecule is CNCCc1nc(-c2cccc(C)c2)c(Br)[nH]1. The van der Waals surface area contributed by atoms with Gasteiger partial charge in [-0.3, -0.25) is 0 Å². The standard InChI is InChI=1S/C13H16BrN3/c1-9-4-3-5-10(8-9)12-13(14)17-11(16-12)6-7-15-2/h3-5,8,15H,6-7H2,1-2H3,(H,16,17). The van der Waals surface area contributed by atoms with Gasteiger partial charge in [-0.25, -0.2) is 4.98 Å². The number of H-pyrrole nitrogens is 1. The smallest absolute Gasteiger partial charge is 0.110 e. The van der Waals surface area contributed by atoms with Crippen molar-refractivity contribution in [1.29, 1.82) is 0 Å². The van der Waals surface area contributed by atoms with Gasteiger partial charge in [-0.2, -0.15) is 0 Å². The van der Waals surface area contributed by atoms with E-state index in [0.717, 1.165) is 34.7 Å². The van der Waals surface area contributed by atoms with Crippen molar-refractivity contribution in [2.75, 3.05) is 13.6 Å². The van der Waals surface area contributed by atoms with Crippen molar-refractivity contribution < 1.29 is 0 Å². The van der Waals surface area contributed by atoms with Gasteiger partial charge in [0, 0.05) is 18.5 Å². The molecule has 90 valence electrons. The van der Waals surface area contributed by atoms with Crippen LogP contribution in [0.2, 0.25) is 0 Å². The molecule has 4 heteroatoms. The lowest BCUT2D eigenvalue weighted by Gasteiger charge is -1.99. The van der Waals surface area contributed by atoms with Crippen LogP contribution < -0.4 is 5.32 Å². The zero-order chi connectivity index (χ0) is 12.3. The van der Waals surface area contributed by atoms with Crippen LogP contribution in [0.25, 0.3) is 11.3 Å². The van der Waals surface area contributed by atoms with Crippen molar-refractivity contribution in [2.45, 2.75) is 13.3 Å². The van der Waals surface area contributed by atoms with Crippen LogP contribution in [-0.2, 0) is 6.42 Å². The van der Waals surface area contributed by atoms with Gasteiger partial charge in [-0.05, 0) is 36.0 Å². The Morgan fingerprint density at radius 1 is 1.41 bits per heavy atom. The van der Waals surface area contributed by atoms with Crippen molar-refractivity contribution in [3.8, 4) is 11.3 Å². The highest BCUT2D eigenvalue weighted by atomic mass is 79.9. The van der Waals surface area contributed by atoms with Gasteiger partial charge in [0.1, 0.15) is 16.1 Å². The normalized spacial score (nSPS) is 10.8. The first-order valence-electron chi connectivity index (χ1n) is 5.66. The van der Waals surface area contributed by atoms with Crippen LogP contribution in [0.3, 0.4) is 0 Å². The summed E-state index contributed by atoms with van der Waals surface area (Å²) in [6.45, 7) is 3.01. The fourth-order valence-corrected chi connectivity index (χ4v) is 2.29. The minimum absolute atomic E-state index is 0.904. The maximum absolute atomic E-state index is 4.62. The molecule has 3 nitrogen and oxygen atoms in total. The summed E-state index contributed by atoms with van der Waals surface area (Å²) in [5.74, 6) is 1.00. The number of hydrogen-bond acceptors (Lipinski definition) is 2. The molecule has 0 bridgehead atoms. The molecule has 0 saturated carbocycles. The Balaban J connectivity index is 2.29. The summed E-state index contributed by atoms with van der Waals surface area (Å²) in [6, 6.07) is 8.36. The van der Waals surface area contributed by atoms with E-state index in [-0.39, 0.29) is 0 Å². The van der Waals surface area contributed by atoms with Gasteiger partial charge in [0.05, 0.1) is 0 Å². The van der Waals surface area contributed by atoms with Gasteiger partial charge in [0.25, 0.3) is 0 Å². The predicted octanol–water partition coefficient (Wildman–Crippen LogP) is 2.91. The molecular formula is C13H16BrN3. The van der Waals surface area contributed by atoms with Crippen LogP contribution >= 0.6 is 15.9 Å². The van der Waals surface area contributed by atoms with Crippen LogP contribution in [0.15, 0.2) is 28.9 Å². The third kappa shape index (κ3) is 2.96. The molecule has 17 heavy (non-hydrogen) atoms. The minimum Gasteiger partial charge on any atom is -0.336 e. The Bertz CT molecular complexity index is 505. The maximum atomic E-state index is 4.62. The highest BCUT2D eigenvalue weighted by Gasteiger charge is 2.09. The number of halogens is 1. The molecule has 1 aromatic carbocycles. The van der Waals surface area contributed by atoms with Gasteiger partial charge in [-0.15, -0.1) is 0 Å². The number of rotatable bonds is 4. The summed E-state index contributed by atoms with van der Waals surface area (Å²) in [5.41, 5.74) is 3.37. The fraction of sp³-hybridized carbons (Fsp3) is 0.308. The molecule has 0 unspecified atom stereocenters. The summed E-state index contributed by atoms with van der Waals surface area (Å²) >= 11 is 3.53. The zero-order valence-electron chi connectivity index (χ0n) is 10.0. The maximum Gasteiger partial charge on any atom is 0.110 e. The highest BCUT2D eigenvalue weighted by Crippen LogP contribution is 2.26. The Hall–Kier alpha value is -1.13. The zero-order valence-corrected chi connectivity index (χ0v) is 11.6. The molecule has 0 aliphatic carbocycles. The Morgan fingerprint density at radius 2 is 2.24 bits per heavy atom. The number of nitrogens with one attached hydrogen (secondary N) is 2. The topological polar surface area (TPSA) is 40.7 Å². The number of aryl methyl sites for hydroxylation is 1. The quantitative estimate of drug-likeness (QED) is 0.910. The van der Waals surface area contributed by atoms with E-state index in [1.807, 2.05) is 7.05 Å². The molecule has 0 aliphatic heterocycles. The number of imidazole rings is 1. The van der Waals surface area contributed by atoms with E-state index in [0.29, 0.717) is 0 Å². The Morgan fingerprint density at radius 3 is 2.94 bits per heavy atom. The van der Waals surface area contributed by atoms with E-state index in [4.69, 9.17) is 0 Å². The second-order valence-electron chi connectivity index (χ2n) is 4.07. The minimum atomic E-state index is 0.904. The summed E-state index contributed by atoms with van der Waals surface area (Å²) in [7, 11) is 1.94. The van der Waals surface area contributed by atoms with Gasteiger partial charge in [0.15, 0.2) is 0 Å². The first-order valence-corrected chi connectivity index (χ1v) is 6.46. The number of hydrogen-bond donors (Lipinski definition) is 2. The summed E-state index contributed by atoms with van der Waals surface area (Å²) in [5, 5.41) is 3.12. The molecule has 0 saturated heterocycles. The number of likely N-dealkylation sites (N-methyl/N-ethyl adjacent to an activating group) is 1. The lowest BCUT2D eigenvalue weighted by Crippen LogP contribution is -2.11. The molecule has 0 atom stereocenters. The van der Waals surface area contributed by atoms with Crippen LogP contribution in [0.5, 0.6) is 0 Å². The molecule has 0 fully saturated rings. The van der Waals surface area contributed by atoms with Gasteiger partial charge < -0.3 is 10.3 Å². The molecule has 1 heterocycles. The van der Waals surface area contributed by atoms with Crippen molar-refractivity contribution >= 4 is 15.9 Å². The van der Waals surface area contributed by atoms with Crippen LogP contribution in [0, 0.1) is 6.92 Å². The molecule has 0 radical (unpaired) electrons. The first kappa shape index (κ1) is 12.3. The average Bonchev–Trinajstić information content (AvgIpc) is 2.68. The van der Waals surface area contributed by atoms with Crippen LogP contribution in [0.1, 0.15) is 11.4 Å². The van der Waals surface area contributed by atoms with E-state index in [1.165, 1.54) is 5.56 Å². The molecule has 0 spiro atoms. The summed E-state index contributed by atoms with van der Waals surface area (Å²) in [6.07, 6.45) is 0.904. The van der Waals surface area contributed by atoms with Crippen LogP contribution in [-0.4, -0.2) is 23.6 Å². The summed E-state index contributed by atoms with van der Waals surface area (Å²) < 4.78 is 0.953. The third-order valence-electron chi connectivity index (χ3n) is 2.61. The van der Waals surface area contributed by atoms with E-state index >= 15 is 0 Å².